The first-order valence-electron chi connectivity index (χ1n) is 3.93. The van der Waals surface area contributed by atoms with Crippen molar-refractivity contribution >= 4 is 32.8 Å². The largest absolute Gasteiger partial charge is 0.464 e. The second-order valence-corrected chi connectivity index (χ2v) is 3.88. The van der Waals surface area contributed by atoms with Gasteiger partial charge in [-0.15, -0.1) is 0 Å². The number of esters is 1. The van der Waals surface area contributed by atoms with E-state index in [2.05, 4.69) is 9.72 Å². The number of anilines is 1. The number of fused-ring (bicyclic) bond motifs is 1. The average Bonchev–Trinajstić information content (AvgIpc) is 2.64. The predicted octanol–water partition coefficient (Wildman–Crippen LogP) is 1.00. The molecule has 0 fully saturated rings. The maximum atomic E-state index is 11.3. The number of aryl methyl sites for hydroxylation is 1. The Hall–Kier alpha value is -1.56. The molecule has 6 heteroatoms. The first kappa shape index (κ1) is 9.01. The number of carbonyl (C=O) groups is 1. The Bertz CT molecular complexity index is 500. The summed E-state index contributed by atoms with van der Waals surface area (Å²) in [6, 6.07) is 1.73. The number of nitrogen functional groups attached to an aromatic ring is 1. The number of aromatic nitrogens is 2. The van der Waals surface area contributed by atoms with Gasteiger partial charge in [0.2, 0.25) is 0 Å². The van der Waals surface area contributed by atoms with Gasteiger partial charge in [0, 0.05) is 7.05 Å². The summed E-state index contributed by atoms with van der Waals surface area (Å²) in [4.78, 5) is 15.4. The summed E-state index contributed by atoms with van der Waals surface area (Å²) in [7, 11) is 3.11. The van der Waals surface area contributed by atoms with Crippen molar-refractivity contribution in [3.05, 3.63) is 11.8 Å². The van der Waals surface area contributed by atoms with E-state index in [1.807, 2.05) is 0 Å². The molecule has 0 aliphatic rings. The maximum absolute atomic E-state index is 11.3. The average molecular weight is 211 g/mol. The third-order valence-electron chi connectivity index (χ3n) is 1.99. The molecule has 2 N–H and O–H groups in total. The molecule has 0 aliphatic carbocycles. The van der Waals surface area contributed by atoms with Crippen LogP contribution in [0.5, 0.6) is 0 Å². The van der Waals surface area contributed by atoms with Gasteiger partial charge >= 0.3 is 5.97 Å². The lowest BCUT2D eigenvalue weighted by atomic mass is 10.4. The number of nitrogens with zero attached hydrogens (tertiary/aromatic N) is 2. The molecule has 0 amide bonds. The zero-order valence-corrected chi connectivity index (χ0v) is 8.59. The van der Waals surface area contributed by atoms with Gasteiger partial charge < -0.3 is 15.0 Å². The molecule has 0 radical (unpaired) electrons. The van der Waals surface area contributed by atoms with Crippen LogP contribution in [0.1, 0.15) is 10.5 Å². The van der Waals surface area contributed by atoms with Crippen molar-refractivity contribution in [2.24, 2.45) is 7.05 Å². The minimum atomic E-state index is -0.365. The van der Waals surface area contributed by atoms with E-state index < -0.39 is 0 Å². The van der Waals surface area contributed by atoms with Crippen LogP contribution in [-0.4, -0.2) is 22.6 Å². The van der Waals surface area contributed by atoms with E-state index in [-0.39, 0.29) is 5.97 Å². The second-order valence-electron chi connectivity index (χ2n) is 2.82. The molecule has 2 aromatic rings. The van der Waals surface area contributed by atoms with Crippen LogP contribution in [0.15, 0.2) is 6.07 Å². The van der Waals surface area contributed by atoms with Crippen molar-refractivity contribution in [2.45, 2.75) is 0 Å². The Morgan fingerprint density at radius 2 is 2.43 bits per heavy atom. The predicted molar refractivity (Wildman–Crippen MR) is 54.3 cm³/mol. The number of thiazole rings is 1. The van der Waals surface area contributed by atoms with Crippen molar-refractivity contribution in [3.8, 4) is 0 Å². The highest BCUT2D eigenvalue weighted by Crippen LogP contribution is 2.26. The van der Waals surface area contributed by atoms with E-state index in [9.17, 15) is 4.79 Å². The van der Waals surface area contributed by atoms with Crippen molar-refractivity contribution < 1.29 is 9.53 Å². The third kappa shape index (κ3) is 1.15. The fourth-order valence-electron chi connectivity index (χ4n) is 1.31. The Morgan fingerprint density at radius 3 is 3.00 bits per heavy atom. The SMILES string of the molecule is COC(=O)c1cc2sc(N)nc2n1C. The van der Waals surface area contributed by atoms with Crippen LogP contribution in [0.3, 0.4) is 0 Å². The molecule has 2 rings (SSSR count). The molecule has 0 unspecified atom stereocenters. The molecular formula is C8H9N3O2S. The monoisotopic (exact) mass is 211 g/mol. The molecule has 2 heterocycles. The summed E-state index contributed by atoms with van der Waals surface area (Å²) in [5.74, 6) is -0.365. The van der Waals surface area contributed by atoms with E-state index in [4.69, 9.17) is 5.73 Å². The molecule has 0 aliphatic heterocycles. The van der Waals surface area contributed by atoms with Gasteiger partial charge in [0.05, 0.1) is 11.8 Å². The van der Waals surface area contributed by atoms with Crippen molar-refractivity contribution in [3.63, 3.8) is 0 Å². The van der Waals surface area contributed by atoms with Crippen molar-refractivity contribution in [1.29, 1.82) is 0 Å². The smallest absolute Gasteiger partial charge is 0.354 e. The lowest BCUT2D eigenvalue weighted by Crippen LogP contribution is -2.07. The minimum absolute atomic E-state index is 0.365. The van der Waals surface area contributed by atoms with Gasteiger partial charge in [-0.2, -0.15) is 0 Å². The van der Waals surface area contributed by atoms with E-state index in [1.54, 1.807) is 17.7 Å². The highest BCUT2D eigenvalue weighted by molar-refractivity contribution is 7.22. The summed E-state index contributed by atoms with van der Waals surface area (Å²) < 4.78 is 7.20. The van der Waals surface area contributed by atoms with Gasteiger partial charge in [-0.25, -0.2) is 9.78 Å². The molecule has 2 aromatic heterocycles. The molecule has 0 bridgehead atoms. The van der Waals surface area contributed by atoms with Gasteiger partial charge in [-0.05, 0) is 6.07 Å². The van der Waals surface area contributed by atoms with Gasteiger partial charge in [-0.3, -0.25) is 0 Å². The zero-order chi connectivity index (χ0) is 10.3. The third-order valence-corrected chi connectivity index (χ3v) is 2.81. The molecular weight excluding hydrogens is 202 g/mol. The van der Waals surface area contributed by atoms with Gasteiger partial charge in [0.15, 0.2) is 10.8 Å². The number of carbonyl (C=O) groups excluding carboxylic acids is 1. The van der Waals surface area contributed by atoms with Crippen LogP contribution in [0.25, 0.3) is 10.3 Å². The van der Waals surface area contributed by atoms with Crippen molar-refractivity contribution in [1.82, 2.24) is 9.55 Å². The van der Waals surface area contributed by atoms with E-state index >= 15 is 0 Å². The summed E-state index contributed by atoms with van der Waals surface area (Å²) in [6.07, 6.45) is 0. The normalized spacial score (nSPS) is 10.7. The molecule has 0 saturated carbocycles. The first-order valence-corrected chi connectivity index (χ1v) is 4.75. The Kier molecular flexibility index (Phi) is 1.92. The van der Waals surface area contributed by atoms with E-state index in [1.165, 1.54) is 18.4 Å². The number of rotatable bonds is 1. The number of methoxy groups -OCH3 is 1. The topological polar surface area (TPSA) is 70.1 Å². The second kappa shape index (κ2) is 2.98. The van der Waals surface area contributed by atoms with Crippen LogP contribution < -0.4 is 5.73 Å². The number of hydrogen-bond acceptors (Lipinski definition) is 5. The fraction of sp³-hybridized carbons (Fsp3) is 0.250. The summed E-state index contributed by atoms with van der Waals surface area (Å²) in [5, 5.41) is 0.502. The van der Waals surface area contributed by atoms with Crippen LogP contribution in [0.2, 0.25) is 0 Å². The summed E-state index contributed by atoms with van der Waals surface area (Å²) >= 11 is 1.35. The van der Waals surface area contributed by atoms with E-state index in [0.29, 0.717) is 16.5 Å². The Labute approximate surface area is 84.1 Å². The molecule has 74 valence electrons. The summed E-state index contributed by atoms with van der Waals surface area (Å²) in [6.45, 7) is 0. The van der Waals surface area contributed by atoms with Crippen LogP contribution in [0, 0.1) is 0 Å². The first-order chi connectivity index (χ1) is 6.63. The highest BCUT2D eigenvalue weighted by Gasteiger charge is 2.16. The minimum Gasteiger partial charge on any atom is -0.464 e. The lowest BCUT2D eigenvalue weighted by molar-refractivity contribution is 0.0590. The van der Waals surface area contributed by atoms with Crippen LogP contribution in [-0.2, 0) is 11.8 Å². The van der Waals surface area contributed by atoms with Crippen LogP contribution >= 0.6 is 11.3 Å². The Morgan fingerprint density at radius 1 is 1.71 bits per heavy atom. The lowest BCUT2D eigenvalue weighted by Gasteiger charge is -1.99. The molecule has 0 spiro atoms. The van der Waals surface area contributed by atoms with Gasteiger partial charge in [0.25, 0.3) is 0 Å². The number of hydrogen-bond donors (Lipinski definition) is 1. The van der Waals surface area contributed by atoms with Crippen LogP contribution in [0.4, 0.5) is 5.13 Å². The quantitative estimate of drug-likeness (QED) is 0.714. The zero-order valence-electron chi connectivity index (χ0n) is 7.77. The summed E-state index contributed by atoms with van der Waals surface area (Å²) in [5.41, 5.74) is 6.74. The molecule has 0 atom stereocenters. The fourth-order valence-corrected chi connectivity index (χ4v) is 2.11. The number of ether oxygens (including phenoxy) is 1. The van der Waals surface area contributed by atoms with Gasteiger partial charge in [-0.1, -0.05) is 11.3 Å². The number of nitrogens with two attached hydrogens (primary N) is 1. The van der Waals surface area contributed by atoms with E-state index in [0.717, 1.165) is 4.70 Å². The highest BCUT2D eigenvalue weighted by atomic mass is 32.1. The Balaban J connectivity index is 2.64. The van der Waals surface area contributed by atoms with Gasteiger partial charge in [0.1, 0.15) is 5.69 Å². The van der Waals surface area contributed by atoms with Crippen molar-refractivity contribution in [2.75, 3.05) is 12.8 Å². The molecule has 5 nitrogen and oxygen atoms in total. The molecule has 0 saturated heterocycles. The standard InChI is InChI=1S/C8H9N3O2S/c1-11-4(7(12)13-2)3-5-6(11)10-8(9)14-5/h3H,1-2H3,(H2,9,10). The molecule has 0 aromatic carbocycles. The molecule has 14 heavy (non-hydrogen) atoms. The maximum Gasteiger partial charge on any atom is 0.354 e.